The lowest BCUT2D eigenvalue weighted by Gasteiger charge is -2.09. The molecule has 2 heterocycles. The van der Waals surface area contributed by atoms with Crippen molar-refractivity contribution in [1.82, 2.24) is 25.0 Å². The third-order valence-electron chi connectivity index (χ3n) is 4.71. The van der Waals surface area contributed by atoms with E-state index in [2.05, 4.69) is 25.6 Å². The molecular weight excluding hydrogens is 495 g/mol. The highest BCUT2D eigenvalue weighted by atomic mass is 35.5. The highest BCUT2D eigenvalue weighted by molar-refractivity contribution is 7.19. The summed E-state index contributed by atoms with van der Waals surface area (Å²) in [7, 11) is 4.05. The molecule has 1 amide bonds. The monoisotopic (exact) mass is 526 g/mol. The number of aromatic nitrogens is 3. The van der Waals surface area contributed by atoms with Crippen LogP contribution in [0.5, 0.6) is 0 Å². The molecule has 0 radical (unpaired) electrons. The minimum absolute atomic E-state index is 0. The fourth-order valence-electron chi connectivity index (χ4n) is 3.14. The zero-order chi connectivity index (χ0) is 23.1. The lowest BCUT2D eigenvalue weighted by atomic mass is 10.1. The summed E-state index contributed by atoms with van der Waals surface area (Å²) in [6, 6.07) is 12.9. The van der Waals surface area contributed by atoms with Gasteiger partial charge in [-0.1, -0.05) is 41.7 Å². The number of carbonyl (C=O) groups excluding carboxylic acids is 1. The molecule has 11 heteroatoms. The third kappa shape index (κ3) is 8.18. The molecule has 3 rings (SSSR count). The van der Waals surface area contributed by atoms with Gasteiger partial charge in [0.2, 0.25) is 5.91 Å². The number of benzene rings is 1. The molecule has 186 valence electrons. The molecule has 0 bridgehead atoms. The van der Waals surface area contributed by atoms with E-state index in [4.69, 9.17) is 0 Å². The average molecular weight is 528 g/mol. The minimum atomic E-state index is -0.150. The van der Waals surface area contributed by atoms with Crippen molar-refractivity contribution >= 4 is 47.2 Å². The number of thiazole rings is 1. The number of hydrogen-bond acceptors (Lipinski definition) is 7. The number of nitrogens with one attached hydrogen (secondary N) is 2. The van der Waals surface area contributed by atoms with Crippen molar-refractivity contribution in [1.29, 1.82) is 0 Å². The number of halogens is 2. The van der Waals surface area contributed by atoms with Gasteiger partial charge >= 0.3 is 0 Å². The summed E-state index contributed by atoms with van der Waals surface area (Å²) in [4.78, 5) is 32.2. The lowest BCUT2D eigenvalue weighted by Crippen LogP contribution is -2.30. The number of hydrogen-bond donors (Lipinski definition) is 2. The van der Waals surface area contributed by atoms with Crippen LogP contribution < -0.4 is 16.2 Å². The Labute approximate surface area is 216 Å². The zero-order valence-electron chi connectivity index (χ0n) is 19.8. The fraction of sp³-hybridized carbons (Fsp3) is 0.391. The molecule has 34 heavy (non-hydrogen) atoms. The molecule has 0 unspecified atom stereocenters. The Kier molecular flexibility index (Phi) is 12.4. The van der Waals surface area contributed by atoms with Crippen LogP contribution in [0.15, 0.2) is 47.3 Å². The molecule has 0 aliphatic carbocycles. The molecule has 0 atom stereocenters. The normalized spacial score (nSPS) is 10.6. The molecule has 0 saturated carbocycles. The number of carbonyl (C=O) groups is 1. The Morgan fingerprint density at radius 2 is 1.82 bits per heavy atom. The zero-order valence-corrected chi connectivity index (χ0v) is 22.2. The van der Waals surface area contributed by atoms with Crippen molar-refractivity contribution in [2.75, 3.05) is 39.0 Å². The number of amides is 1. The van der Waals surface area contributed by atoms with Crippen molar-refractivity contribution in [3.63, 3.8) is 0 Å². The molecule has 0 aliphatic rings. The highest BCUT2D eigenvalue weighted by Crippen LogP contribution is 2.37. The summed E-state index contributed by atoms with van der Waals surface area (Å²) in [5.74, 6) is -0.144. The maximum absolute atomic E-state index is 12.4. The molecular formula is C23H32Cl2N6O2S. The molecule has 0 aliphatic heterocycles. The largest absolute Gasteiger partial charge is 0.309 e. The van der Waals surface area contributed by atoms with Gasteiger partial charge in [-0.25, -0.2) is 9.67 Å². The molecule has 0 fully saturated rings. The van der Waals surface area contributed by atoms with E-state index < -0.39 is 0 Å². The Hall–Kier alpha value is -2.30. The van der Waals surface area contributed by atoms with Crippen LogP contribution in [-0.4, -0.2) is 59.3 Å². The van der Waals surface area contributed by atoms with Crippen LogP contribution in [0.3, 0.4) is 0 Å². The average Bonchev–Trinajstić information content (AvgIpc) is 3.17. The van der Waals surface area contributed by atoms with Crippen LogP contribution >= 0.6 is 36.2 Å². The summed E-state index contributed by atoms with van der Waals surface area (Å²) >= 11 is 1.35. The second-order valence-electron chi connectivity index (χ2n) is 8.04. The number of anilines is 1. The smallest absolute Gasteiger partial charge is 0.267 e. The van der Waals surface area contributed by atoms with E-state index in [1.165, 1.54) is 22.1 Å². The van der Waals surface area contributed by atoms with E-state index in [1.807, 2.05) is 58.3 Å². The first-order valence-corrected chi connectivity index (χ1v) is 11.5. The third-order valence-corrected chi connectivity index (χ3v) is 5.71. The highest BCUT2D eigenvalue weighted by Gasteiger charge is 2.18. The fourth-order valence-corrected chi connectivity index (χ4v) is 4.11. The van der Waals surface area contributed by atoms with Crippen LogP contribution in [0.25, 0.3) is 21.8 Å². The van der Waals surface area contributed by atoms with Gasteiger partial charge in [-0.15, -0.1) is 24.8 Å². The van der Waals surface area contributed by atoms with Gasteiger partial charge < -0.3 is 15.5 Å². The molecule has 0 spiro atoms. The summed E-state index contributed by atoms with van der Waals surface area (Å²) in [5, 5.41) is 11.1. The SMILES string of the molecule is CC(C)n1nc(-c2sc(NC(=O)CNCCCN(C)C)nc2-c2ccccc2)ccc1=O.Cl.Cl. The Morgan fingerprint density at radius 3 is 2.47 bits per heavy atom. The predicted octanol–water partition coefficient (Wildman–Crippen LogP) is 3.94. The van der Waals surface area contributed by atoms with Crippen molar-refractivity contribution in [2.24, 2.45) is 0 Å². The standard InChI is InChI=1S/C23H30N6O2S.2ClH/c1-16(2)29-20(31)12-11-18(27-29)22-21(17-9-6-5-7-10-17)26-23(32-22)25-19(30)15-24-13-8-14-28(3)4;;/h5-7,9-12,16,24H,8,13-15H2,1-4H3,(H,25,26,30);2*1H. The quantitative estimate of drug-likeness (QED) is 0.388. The first kappa shape index (κ1) is 29.7. The van der Waals surface area contributed by atoms with E-state index in [-0.39, 0.29) is 48.9 Å². The van der Waals surface area contributed by atoms with Gasteiger partial charge in [-0.05, 0) is 53.5 Å². The number of nitrogens with zero attached hydrogens (tertiary/aromatic N) is 4. The number of rotatable bonds is 10. The topological polar surface area (TPSA) is 92.2 Å². The molecule has 1 aromatic carbocycles. The predicted molar refractivity (Wildman–Crippen MR) is 145 cm³/mol. The summed E-state index contributed by atoms with van der Waals surface area (Å²) < 4.78 is 1.46. The second-order valence-corrected chi connectivity index (χ2v) is 9.04. The first-order chi connectivity index (χ1) is 15.3. The van der Waals surface area contributed by atoms with Crippen LogP contribution in [-0.2, 0) is 4.79 Å². The van der Waals surface area contributed by atoms with Gasteiger partial charge in [0, 0.05) is 11.6 Å². The van der Waals surface area contributed by atoms with Gasteiger partial charge in [-0.3, -0.25) is 9.59 Å². The van der Waals surface area contributed by atoms with Gasteiger partial charge in [0.25, 0.3) is 5.56 Å². The van der Waals surface area contributed by atoms with Crippen LogP contribution in [0.1, 0.15) is 26.3 Å². The van der Waals surface area contributed by atoms with E-state index in [0.717, 1.165) is 35.6 Å². The summed E-state index contributed by atoms with van der Waals surface area (Å²) in [6.07, 6.45) is 0.969. The van der Waals surface area contributed by atoms with E-state index in [1.54, 1.807) is 6.07 Å². The van der Waals surface area contributed by atoms with Gasteiger partial charge in [0.1, 0.15) is 5.69 Å². The maximum Gasteiger partial charge on any atom is 0.267 e. The van der Waals surface area contributed by atoms with Gasteiger partial charge in [0.05, 0.1) is 23.2 Å². The van der Waals surface area contributed by atoms with Crippen molar-refractivity contribution < 1.29 is 4.79 Å². The lowest BCUT2D eigenvalue weighted by molar-refractivity contribution is -0.115. The van der Waals surface area contributed by atoms with Gasteiger partial charge in [-0.2, -0.15) is 5.10 Å². The van der Waals surface area contributed by atoms with E-state index in [0.29, 0.717) is 10.8 Å². The van der Waals surface area contributed by atoms with E-state index in [9.17, 15) is 9.59 Å². The minimum Gasteiger partial charge on any atom is -0.309 e. The van der Waals surface area contributed by atoms with Gasteiger partial charge in [0.15, 0.2) is 5.13 Å². The maximum atomic E-state index is 12.4. The molecule has 2 N–H and O–H groups in total. The van der Waals surface area contributed by atoms with E-state index >= 15 is 0 Å². The van der Waals surface area contributed by atoms with Crippen LogP contribution in [0.2, 0.25) is 0 Å². The van der Waals surface area contributed by atoms with Crippen molar-refractivity contribution in [2.45, 2.75) is 26.3 Å². The molecule has 0 saturated heterocycles. The van der Waals surface area contributed by atoms with Crippen LogP contribution in [0.4, 0.5) is 5.13 Å². The Morgan fingerprint density at radius 1 is 1.12 bits per heavy atom. The summed E-state index contributed by atoms with van der Waals surface area (Å²) in [5.41, 5.74) is 2.15. The molecule has 3 aromatic rings. The van der Waals surface area contributed by atoms with Crippen molar-refractivity contribution in [3.05, 3.63) is 52.8 Å². The molecule has 2 aromatic heterocycles. The van der Waals surface area contributed by atoms with Crippen molar-refractivity contribution in [3.8, 4) is 21.8 Å². The van der Waals surface area contributed by atoms with Crippen LogP contribution in [0, 0.1) is 0 Å². The first-order valence-electron chi connectivity index (χ1n) is 10.7. The molecule has 8 nitrogen and oxygen atoms in total. The summed E-state index contributed by atoms with van der Waals surface area (Å²) in [6.45, 7) is 5.79. The Balaban J connectivity index is 0.00000289. The Bertz CT molecular complexity index is 1100. The second kappa shape index (κ2) is 14.2.